The number of para-hydroxylation sites is 1. The fraction of sp³-hybridized carbons (Fsp3) is 0.227. The first-order chi connectivity index (χ1) is 13.5. The zero-order valence-electron chi connectivity index (χ0n) is 15.3. The minimum absolute atomic E-state index is 0.0768. The van der Waals surface area contributed by atoms with Crippen LogP contribution in [0.3, 0.4) is 0 Å². The number of benzene rings is 2. The van der Waals surface area contributed by atoms with E-state index in [2.05, 4.69) is 4.98 Å². The van der Waals surface area contributed by atoms with Crippen molar-refractivity contribution in [1.82, 2.24) is 4.98 Å². The van der Waals surface area contributed by atoms with Gasteiger partial charge < -0.3 is 4.74 Å². The highest BCUT2D eigenvalue weighted by Gasteiger charge is 2.30. The third-order valence-electron chi connectivity index (χ3n) is 4.45. The third-order valence-corrected chi connectivity index (χ3v) is 4.70. The molecule has 1 aromatic heterocycles. The second kappa shape index (κ2) is 8.93. The predicted octanol–water partition coefficient (Wildman–Crippen LogP) is 5.15. The molecule has 1 unspecified atom stereocenters. The Morgan fingerprint density at radius 3 is 2.57 bits per heavy atom. The molecule has 0 saturated heterocycles. The van der Waals surface area contributed by atoms with E-state index in [-0.39, 0.29) is 18.8 Å². The van der Waals surface area contributed by atoms with Crippen LogP contribution in [0.1, 0.15) is 35.2 Å². The van der Waals surface area contributed by atoms with Gasteiger partial charge in [0.1, 0.15) is 0 Å². The smallest absolute Gasteiger partial charge is 0.340 e. The van der Waals surface area contributed by atoms with Gasteiger partial charge in [-0.15, -0.1) is 0 Å². The van der Waals surface area contributed by atoms with Gasteiger partial charge in [0.15, 0.2) is 12.0 Å². The fourth-order valence-electron chi connectivity index (χ4n) is 3.03. The highest BCUT2D eigenvalue weighted by atomic mass is 35.5. The number of carbonyl (C=O) groups is 2. The number of aromatic nitrogens is 1. The van der Waals surface area contributed by atoms with Gasteiger partial charge in [0, 0.05) is 28.6 Å². The van der Waals surface area contributed by atoms with Crippen LogP contribution in [-0.2, 0) is 9.53 Å². The van der Waals surface area contributed by atoms with Crippen molar-refractivity contribution in [2.45, 2.75) is 25.4 Å². The molecule has 0 fully saturated rings. The molecule has 0 radical (unpaired) electrons. The van der Waals surface area contributed by atoms with Crippen LogP contribution in [0, 0.1) is 0 Å². The molecular formula is C22H19ClFNO3. The summed E-state index contributed by atoms with van der Waals surface area (Å²) in [6, 6.07) is 15.7. The zero-order chi connectivity index (χ0) is 20.1. The van der Waals surface area contributed by atoms with Crippen molar-refractivity contribution >= 4 is 34.3 Å². The first kappa shape index (κ1) is 20.0. The average molecular weight is 400 g/mol. The van der Waals surface area contributed by atoms with E-state index in [1.165, 1.54) is 6.20 Å². The quantitative estimate of drug-likeness (QED) is 0.407. The number of ketones is 1. The van der Waals surface area contributed by atoms with Crippen molar-refractivity contribution in [3.8, 4) is 0 Å². The number of pyridine rings is 1. The Balaban J connectivity index is 1.95. The van der Waals surface area contributed by atoms with Gasteiger partial charge in [0.05, 0.1) is 18.0 Å². The summed E-state index contributed by atoms with van der Waals surface area (Å²) in [6.45, 7) is 1.68. The predicted molar refractivity (Wildman–Crippen MR) is 106 cm³/mol. The van der Waals surface area contributed by atoms with Crippen LogP contribution in [0.25, 0.3) is 10.9 Å². The van der Waals surface area contributed by atoms with E-state index in [1.807, 2.05) is 24.3 Å². The lowest BCUT2D eigenvalue weighted by Gasteiger charge is -2.18. The SMILES string of the molecule is CCOC(=O)[C@@H](F)CC(C(=O)c1cnc2ccccc2c1)c1ccc(Cl)cc1. The molecular weight excluding hydrogens is 381 g/mol. The number of ether oxygens (including phenoxy) is 1. The standard InChI is InChI=1S/C22H19ClFNO3/c1-2-28-22(27)19(24)12-18(14-7-9-17(23)10-8-14)21(26)16-11-15-5-3-4-6-20(15)25-13-16/h3-11,13,18-19H,2,12H2,1H3/t18?,19-/m0/s1. The summed E-state index contributed by atoms with van der Waals surface area (Å²) in [5.41, 5.74) is 1.70. The minimum atomic E-state index is -1.90. The molecule has 28 heavy (non-hydrogen) atoms. The van der Waals surface area contributed by atoms with Gasteiger partial charge in [0.2, 0.25) is 0 Å². The van der Waals surface area contributed by atoms with Gasteiger partial charge in [-0.1, -0.05) is 41.9 Å². The third kappa shape index (κ3) is 4.54. The van der Waals surface area contributed by atoms with Crippen molar-refractivity contribution in [3.05, 3.63) is 76.9 Å². The summed E-state index contributed by atoms with van der Waals surface area (Å²) in [6.07, 6.45) is -0.741. The molecule has 4 nitrogen and oxygen atoms in total. The second-order valence-corrected chi connectivity index (χ2v) is 6.78. The van der Waals surface area contributed by atoms with Gasteiger partial charge in [-0.3, -0.25) is 9.78 Å². The van der Waals surface area contributed by atoms with Crippen LogP contribution in [-0.4, -0.2) is 29.5 Å². The molecule has 2 aromatic carbocycles. The van der Waals surface area contributed by atoms with Crippen molar-refractivity contribution < 1.29 is 18.7 Å². The lowest BCUT2D eigenvalue weighted by molar-refractivity contribution is -0.149. The molecule has 0 aliphatic heterocycles. The van der Waals surface area contributed by atoms with E-state index in [1.54, 1.807) is 37.3 Å². The number of halogens is 2. The van der Waals surface area contributed by atoms with Crippen molar-refractivity contribution in [2.75, 3.05) is 6.61 Å². The fourth-order valence-corrected chi connectivity index (χ4v) is 3.16. The number of hydrogen-bond acceptors (Lipinski definition) is 4. The molecule has 3 rings (SSSR count). The van der Waals surface area contributed by atoms with Gasteiger partial charge in [-0.05, 0) is 36.8 Å². The maximum Gasteiger partial charge on any atom is 0.340 e. The summed E-state index contributed by atoms with van der Waals surface area (Å²) in [4.78, 5) is 29.3. The first-order valence-electron chi connectivity index (χ1n) is 8.94. The number of rotatable bonds is 7. The van der Waals surface area contributed by atoms with Crippen LogP contribution in [0.4, 0.5) is 4.39 Å². The lowest BCUT2D eigenvalue weighted by Crippen LogP contribution is -2.25. The molecule has 3 aromatic rings. The Morgan fingerprint density at radius 1 is 1.14 bits per heavy atom. The summed E-state index contributed by atoms with van der Waals surface area (Å²) >= 11 is 5.93. The molecule has 0 amide bonds. The van der Waals surface area contributed by atoms with Crippen molar-refractivity contribution in [3.63, 3.8) is 0 Å². The monoisotopic (exact) mass is 399 g/mol. The van der Waals surface area contributed by atoms with Crippen LogP contribution in [0.5, 0.6) is 0 Å². The van der Waals surface area contributed by atoms with Crippen LogP contribution in [0.15, 0.2) is 60.8 Å². The van der Waals surface area contributed by atoms with Crippen LogP contribution < -0.4 is 0 Å². The first-order valence-corrected chi connectivity index (χ1v) is 9.32. The van der Waals surface area contributed by atoms with Gasteiger partial charge in [-0.25, -0.2) is 9.18 Å². The number of Topliss-reactive ketones (excluding diaryl/α,β-unsaturated/α-hetero) is 1. The molecule has 0 saturated carbocycles. The molecule has 6 heteroatoms. The Hall–Kier alpha value is -2.79. The van der Waals surface area contributed by atoms with Gasteiger partial charge in [-0.2, -0.15) is 0 Å². The zero-order valence-corrected chi connectivity index (χ0v) is 16.0. The number of esters is 1. The molecule has 144 valence electrons. The maximum atomic E-state index is 14.5. The summed E-state index contributed by atoms with van der Waals surface area (Å²) in [5.74, 6) is -2.14. The van der Waals surface area contributed by atoms with Crippen molar-refractivity contribution in [2.24, 2.45) is 0 Å². The van der Waals surface area contributed by atoms with E-state index in [0.717, 1.165) is 10.9 Å². The molecule has 0 N–H and O–H groups in total. The van der Waals surface area contributed by atoms with E-state index in [4.69, 9.17) is 16.3 Å². The molecule has 0 aliphatic carbocycles. The van der Waals surface area contributed by atoms with Crippen LogP contribution >= 0.6 is 11.6 Å². The van der Waals surface area contributed by atoms with Crippen molar-refractivity contribution in [1.29, 1.82) is 0 Å². The maximum absolute atomic E-state index is 14.5. The highest BCUT2D eigenvalue weighted by molar-refractivity contribution is 6.30. The molecule has 1 heterocycles. The molecule has 0 bridgehead atoms. The van der Waals surface area contributed by atoms with E-state index >= 15 is 0 Å². The Labute approximate surface area is 167 Å². The summed E-state index contributed by atoms with van der Waals surface area (Å²) in [5, 5.41) is 1.31. The number of nitrogens with zero attached hydrogens (tertiary/aromatic N) is 1. The summed E-state index contributed by atoms with van der Waals surface area (Å²) < 4.78 is 19.2. The second-order valence-electron chi connectivity index (χ2n) is 6.34. The largest absolute Gasteiger partial charge is 0.464 e. The number of carbonyl (C=O) groups excluding carboxylic acids is 2. The van der Waals surface area contributed by atoms with E-state index in [9.17, 15) is 14.0 Å². The number of fused-ring (bicyclic) bond motifs is 1. The Kier molecular flexibility index (Phi) is 6.37. The minimum Gasteiger partial charge on any atom is -0.464 e. The Morgan fingerprint density at radius 2 is 1.86 bits per heavy atom. The highest BCUT2D eigenvalue weighted by Crippen LogP contribution is 2.29. The van der Waals surface area contributed by atoms with E-state index in [0.29, 0.717) is 16.1 Å². The molecule has 0 spiro atoms. The average Bonchev–Trinajstić information content (AvgIpc) is 2.72. The number of hydrogen-bond donors (Lipinski definition) is 0. The summed E-state index contributed by atoms with van der Waals surface area (Å²) in [7, 11) is 0. The number of alkyl halides is 1. The van der Waals surface area contributed by atoms with Gasteiger partial charge >= 0.3 is 5.97 Å². The lowest BCUT2D eigenvalue weighted by atomic mass is 9.86. The van der Waals surface area contributed by atoms with Gasteiger partial charge in [0.25, 0.3) is 0 Å². The normalized spacial score (nSPS) is 13.1. The molecule has 2 atom stereocenters. The topological polar surface area (TPSA) is 56.3 Å². The van der Waals surface area contributed by atoms with Crippen LogP contribution in [0.2, 0.25) is 5.02 Å². The molecule has 0 aliphatic rings. The Bertz CT molecular complexity index is 990. The van der Waals surface area contributed by atoms with E-state index < -0.39 is 18.1 Å².